The maximum absolute atomic E-state index is 12.2. The van der Waals surface area contributed by atoms with Crippen molar-refractivity contribution in [1.82, 2.24) is 4.72 Å². The standard InChI is InChI=1S/C16H17NO4S/c1-12-5-3-4-6-15(12)22(19,20)17-16(18)11-13-7-9-14(21-2)10-8-13/h3-10H,11H2,1-2H3,(H,17,18). The second-order valence-electron chi connectivity index (χ2n) is 4.82. The first-order chi connectivity index (χ1) is 10.4. The average Bonchev–Trinajstić information content (AvgIpc) is 2.47. The SMILES string of the molecule is COc1ccc(CC(=O)NS(=O)(=O)c2ccccc2C)cc1. The lowest BCUT2D eigenvalue weighted by Gasteiger charge is -2.09. The quantitative estimate of drug-likeness (QED) is 0.915. The van der Waals surface area contributed by atoms with Crippen molar-refractivity contribution >= 4 is 15.9 Å². The number of aryl methyl sites for hydroxylation is 1. The molecule has 0 aliphatic carbocycles. The summed E-state index contributed by atoms with van der Waals surface area (Å²) in [7, 11) is -2.30. The van der Waals surface area contributed by atoms with Crippen LogP contribution in [0.2, 0.25) is 0 Å². The predicted octanol–water partition coefficient (Wildman–Crippen LogP) is 2.05. The molecule has 0 aliphatic rings. The van der Waals surface area contributed by atoms with Crippen LogP contribution in [0.4, 0.5) is 0 Å². The highest BCUT2D eigenvalue weighted by Crippen LogP contribution is 2.15. The van der Waals surface area contributed by atoms with Crippen LogP contribution in [0.3, 0.4) is 0 Å². The van der Waals surface area contributed by atoms with Gasteiger partial charge in [-0.15, -0.1) is 0 Å². The Hall–Kier alpha value is -2.34. The molecule has 0 spiro atoms. The molecular weight excluding hydrogens is 302 g/mol. The molecular formula is C16H17NO4S. The number of hydrogen-bond acceptors (Lipinski definition) is 4. The third-order valence-corrected chi connectivity index (χ3v) is 4.69. The number of hydrogen-bond donors (Lipinski definition) is 1. The molecule has 5 nitrogen and oxygen atoms in total. The lowest BCUT2D eigenvalue weighted by Crippen LogP contribution is -2.32. The zero-order valence-corrected chi connectivity index (χ0v) is 13.2. The second-order valence-corrected chi connectivity index (χ2v) is 6.47. The van der Waals surface area contributed by atoms with Gasteiger partial charge in [-0.05, 0) is 36.2 Å². The van der Waals surface area contributed by atoms with Gasteiger partial charge in [-0.25, -0.2) is 13.1 Å². The Morgan fingerprint density at radius 1 is 1.09 bits per heavy atom. The molecule has 0 radical (unpaired) electrons. The summed E-state index contributed by atoms with van der Waals surface area (Å²) in [6, 6.07) is 13.4. The monoisotopic (exact) mass is 319 g/mol. The normalized spacial score (nSPS) is 11.0. The fourth-order valence-corrected chi connectivity index (χ4v) is 3.26. The highest BCUT2D eigenvalue weighted by molar-refractivity contribution is 7.90. The van der Waals surface area contributed by atoms with Crippen molar-refractivity contribution in [3.05, 3.63) is 59.7 Å². The van der Waals surface area contributed by atoms with Crippen LogP contribution < -0.4 is 9.46 Å². The molecule has 2 aromatic carbocycles. The average molecular weight is 319 g/mol. The van der Waals surface area contributed by atoms with Gasteiger partial charge in [-0.2, -0.15) is 0 Å². The summed E-state index contributed by atoms with van der Waals surface area (Å²) in [6.45, 7) is 1.68. The Kier molecular flexibility index (Phi) is 4.82. The topological polar surface area (TPSA) is 72.5 Å². The Morgan fingerprint density at radius 2 is 1.73 bits per heavy atom. The van der Waals surface area contributed by atoms with E-state index in [1.54, 1.807) is 56.5 Å². The number of methoxy groups -OCH3 is 1. The lowest BCUT2D eigenvalue weighted by atomic mass is 10.1. The van der Waals surface area contributed by atoms with Crippen LogP contribution in [0, 0.1) is 6.92 Å². The van der Waals surface area contributed by atoms with Crippen LogP contribution >= 0.6 is 0 Å². The molecule has 22 heavy (non-hydrogen) atoms. The lowest BCUT2D eigenvalue weighted by molar-refractivity contribution is -0.118. The largest absolute Gasteiger partial charge is 0.497 e. The molecule has 0 aliphatic heterocycles. The molecule has 2 rings (SSSR count). The predicted molar refractivity (Wildman–Crippen MR) is 83.2 cm³/mol. The van der Waals surface area contributed by atoms with Crippen LogP contribution in [0.15, 0.2) is 53.4 Å². The van der Waals surface area contributed by atoms with E-state index in [0.717, 1.165) is 0 Å². The van der Waals surface area contributed by atoms with E-state index >= 15 is 0 Å². The fourth-order valence-electron chi connectivity index (χ4n) is 2.03. The van der Waals surface area contributed by atoms with Crippen molar-refractivity contribution in [2.75, 3.05) is 7.11 Å². The van der Waals surface area contributed by atoms with Gasteiger partial charge in [0.25, 0.3) is 10.0 Å². The van der Waals surface area contributed by atoms with Crippen molar-refractivity contribution in [2.24, 2.45) is 0 Å². The first-order valence-corrected chi connectivity index (χ1v) is 8.15. The Balaban J connectivity index is 2.09. The van der Waals surface area contributed by atoms with Crippen LogP contribution in [-0.2, 0) is 21.2 Å². The van der Waals surface area contributed by atoms with E-state index in [2.05, 4.69) is 4.72 Å². The molecule has 0 aromatic heterocycles. The minimum Gasteiger partial charge on any atom is -0.497 e. The van der Waals surface area contributed by atoms with Crippen molar-refractivity contribution in [3.8, 4) is 5.75 Å². The van der Waals surface area contributed by atoms with Gasteiger partial charge in [0.2, 0.25) is 5.91 Å². The van der Waals surface area contributed by atoms with E-state index in [4.69, 9.17) is 4.74 Å². The van der Waals surface area contributed by atoms with Crippen molar-refractivity contribution < 1.29 is 17.9 Å². The third-order valence-electron chi connectivity index (χ3n) is 3.16. The zero-order valence-electron chi connectivity index (χ0n) is 12.4. The molecule has 6 heteroatoms. The number of ether oxygens (including phenoxy) is 1. The van der Waals surface area contributed by atoms with Crippen molar-refractivity contribution in [3.63, 3.8) is 0 Å². The maximum atomic E-state index is 12.2. The molecule has 0 saturated carbocycles. The van der Waals surface area contributed by atoms with Crippen LogP contribution in [0.25, 0.3) is 0 Å². The van der Waals surface area contributed by atoms with Crippen LogP contribution in [0.1, 0.15) is 11.1 Å². The number of rotatable bonds is 5. The summed E-state index contributed by atoms with van der Waals surface area (Å²) in [5.41, 5.74) is 1.30. The molecule has 0 fully saturated rings. The fraction of sp³-hybridized carbons (Fsp3) is 0.188. The van der Waals surface area contributed by atoms with Crippen molar-refractivity contribution in [2.45, 2.75) is 18.2 Å². The molecule has 0 bridgehead atoms. The van der Waals surface area contributed by atoms with Gasteiger partial charge in [0.05, 0.1) is 18.4 Å². The first-order valence-electron chi connectivity index (χ1n) is 6.66. The highest BCUT2D eigenvalue weighted by Gasteiger charge is 2.19. The number of carbonyl (C=O) groups is 1. The molecule has 0 atom stereocenters. The van der Waals surface area contributed by atoms with Crippen LogP contribution in [-0.4, -0.2) is 21.4 Å². The van der Waals surface area contributed by atoms with Gasteiger partial charge in [0.1, 0.15) is 5.75 Å². The molecule has 0 saturated heterocycles. The maximum Gasteiger partial charge on any atom is 0.264 e. The molecule has 0 unspecified atom stereocenters. The molecule has 1 amide bonds. The van der Waals surface area contributed by atoms with E-state index < -0.39 is 15.9 Å². The number of nitrogens with one attached hydrogen (secondary N) is 1. The summed E-state index contributed by atoms with van der Waals surface area (Å²) in [4.78, 5) is 12.1. The Morgan fingerprint density at radius 3 is 2.32 bits per heavy atom. The van der Waals surface area contributed by atoms with E-state index in [0.29, 0.717) is 16.9 Å². The van der Waals surface area contributed by atoms with Gasteiger partial charge < -0.3 is 4.74 Å². The number of carbonyl (C=O) groups excluding carboxylic acids is 1. The summed E-state index contributed by atoms with van der Waals surface area (Å²) in [5.74, 6) is 0.102. The van der Waals surface area contributed by atoms with E-state index in [-0.39, 0.29) is 11.3 Å². The molecule has 116 valence electrons. The first kappa shape index (κ1) is 16.0. The van der Waals surface area contributed by atoms with E-state index in [1.807, 2.05) is 0 Å². The number of amides is 1. The van der Waals surface area contributed by atoms with Gasteiger partial charge >= 0.3 is 0 Å². The summed E-state index contributed by atoms with van der Waals surface area (Å²) in [5, 5.41) is 0. The molecule has 1 N–H and O–H groups in total. The smallest absolute Gasteiger partial charge is 0.264 e. The minimum atomic E-state index is -3.85. The molecule has 2 aromatic rings. The number of sulfonamides is 1. The van der Waals surface area contributed by atoms with Gasteiger partial charge in [-0.1, -0.05) is 30.3 Å². The highest BCUT2D eigenvalue weighted by atomic mass is 32.2. The third kappa shape index (κ3) is 3.85. The minimum absolute atomic E-state index is 0.0187. The van der Waals surface area contributed by atoms with E-state index in [9.17, 15) is 13.2 Å². The zero-order chi connectivity index (χ0) is 16.2. The Labute approximate surface area is 130 Å². The van der Waals surface area contributed by atoms with E-state index in [1.165, 1.54) is 6.07 Å². The van der Waals surface area contributed by atoms with Crippen molar-refractivity contribution in [1.29, 1.82) is 0 Å². The number of benzene rings is 2. The summed E-state index contributed by atoms with van der Waals surface area (Å²) in [6.07, 6.45) is -0.0187. The Bertz CT molecular complexity index is 767. The van der Waals surface area contributed by atoms with Gasteiger partial charge in [0.15, 0.2) is 0 Å². The van der Waals surface area contributed by atoms with Crippen LogP contribution in [0.5, 0.6) is 5.75 Å². The second kappa shape index (κ2) is 6.62. The summed E-state index contributed by atoms with van der Waals surface area (Å²) < 4.78 is 31.5. The summed E-state index contributed by atoms with van der Waals surface area (Å²) >= 11 is 0. The van der Waals surface area contributed by atoms with Gasteiger partial charge in [-0.3, -0.25) is 4.79 Å². The molecule has 0 heterocycles. The van der Waals surface area contributed by atoms with Gasteiger partial charge in [0, 0.05) is 0 Å².